The highest BCUT2D eigenvalue weighted by Gasteiger charge is 2.27. The van der Waals surface area contributed by atoms with Crippen molar-refractivity contribution in [3.8, 4) is 17.2 Å². The molecular weight excluding hydrogens is 336 g/mol. The maximum Gasteiger partial charge on any atom is 0.254 e. The largest absolute Gasteiger partial charge is 0.493 e. The fourth-order valence-corrected chi connectivity index (χ4v) is 3.50. The molecule has 0 spiro atoms. The lowest BCUT2D eigenvalue weighted by Gasteiger charge is -2.26. The summed E-state index contributed by atoms with van der Waals surface area (Å²) in [5.41, 5.74) is 6.52. The van der Waals surface area contributed by atoms with Gasteiger partial charge in [-0.15, -0.1) is 0 Å². The summed E-state index contributed by atoms with van der Waals surface area (Å²) in [5, 5.41) is 13.0. The Morgan fingerprint density at radius 3 is 2.23 bits per heavy atom. The van der Waals surface area contributed by atoms with Gasteiger partial charge in [0.2, 0.25) is 5.75 Å². The lowest BCUT2D eigenvalue weighted by atomic mass is 9.84. The first-order valence-corrected chi connectivity index (χ1v) is 9.04. The van der Waals surface area contributed by atoms with E-state index in [2.05, 4.69) is 5.32 Å². The molecule has 26 heavy (non-hydrogen) atoms. The number of hydrogen-bond donors (Lipinski definition) is 3. The highest BCUT2D eigenvalue weighted by atomic mass is 16.5. The standard InChI is InChI=1S/C19H30N2O5/c1-24-15-10-13(11-16(25-2)18(15)26-3)21-19(23)17(22)14(20)9-12-7-5-4-6-8-12/h10-12,14,17,22H,4-9,20H2,1-3H3,(H,21,23)/t14-,17?/m1/s1. The van der Waals surface area contributed by atoms with Crippen LogP contribution in [0.2, 0.25) is 0 Å². The molecule has 7 nitrogen and oxygen atoms in total. The number of carbonyl (C=O) groups excluding carboxylic acids is 1. The highest BCUT2D eigenvalue weighted by Crippen LogP contribution is 2.40. The number of amides is 1. The summed E-state index contributed by atoms with van der Waals surface area (Å²) >= 11 is 0. The minimum absolute atomic E-state index is 0.420. The van der Waals surface area contributed by atoms with Crippen molar-refractivity contribution in [1.82, 2.24) is 0 Å². The number of nitrogens with one attached hydrogen (secondary N) is 1. The predicted molar refractivity (Wildman–Crippen MR) is 99.9 cm³/mol. The average molecular weight is 366 g/mol. The summed E-state index contributed by atoms with van der Waals surface area (Å²) < 4.78 is 15.8. The van der Waals surface area contributed by atoms with E-state index >= 15 is 0 Å². The molecule has 1 fully saturated rings. The minimum atomic E-state index is -1.27. The van der Waals surface area contributed by atoms with Gasteiger partial charge in [-0.1, -0.05) is 32.1 Å². The van der Waals surface area contributed by atoms with E-state index < -0.39 is 18.1 Å². The Labute approximate surface area is 154 Å². The molecule has 1 aliphatic carbocycles. The van der Waals surface area contributed by atoms with Gasteiger partial charge in [-0.25, -0.2) is 0 Å². The molecule has 1 aromatic carbocycles. The van der Waals surface area contributed by atoms with Gasteiger partial charge in [-0.05, 0) is 12.3 Å². The van der Waals surface area contributed by atoms with Crippen LogP contribution in [-0.4, -0.2) is 44.5 Å². The third-order valence-corrected chi connectivity index (χ3v) is 4.94. The third kappa shape index (κ3) is 5.02. The number of methoxy groups -OCH3 is 3. The van der Waals surface area contributed by atoms with Gasteiger partial charge >= 0.3 is 0 Å². The Morgan fingerprint density at radius 2 is 1.73 bits per heavy atom. The van der Waals surface area contributed by atoms with E-state index in [-0.39, 0.29) is 0 Å². The van der Waals surface area contributed by atoms with Crippen LogP contribution in [0, 0.1) is 5.92 Å². The number of nitrogens with two attached hydrogens (primary N) is 1. The summed E-state index contributed by atoms with van der Waals surface area (Å²) in [6.07, 6.45) is 5.29. The zero-order chi connectivity index (χ0) is 19.1. The summed E-state index contributed by atoms with van der Waals surface area (Å²) in [4.78, 5) is 12.4. The van der Waals surface area contributed by atoms with E-state index in [1.807, 2.05) is 0 Å². The summed E-state index contributed by atoms with van der Waals surface area (Å²) in [7, 11) is 4.50. The van der Waals surface area contributed by atoms with Crippen molar-refractivity contribution >= 4 is 11.6 Å². The van der Waals surface area contributed by atoms with E-state index in [0.29, 0.717) is 35.3 Å². The van der Waals surface area contributed by atoms with E-state index in [1.165, 1.54) is 40.6 Å². The van der Waals surface area contributed by atoms with Crippen molar-refractivity contribution in [3.63, 3.8) is 0 Å². The number of ether oxygens (including phenoxy) is 3. The van der Waals surface area contributed by atoms with Crippen molar-refractivity contribution in [1.29, 1.82) is 0 Å². The zero-order valence-electron chi connectivity index (χ0n) is 15.8. The van der Waals surface area contributed by atoms with Crippen LogP contribution in [-0.2, 0) is 4.79 Å². The van der Waals surface area contributed by atoms with E-state index in [1.54, 1.807) is 12.1 Å². The van der Waals surface area contributed by atoms with Crippen molar-refractivity contribution in [2.45, 2.75) is 50.7 Å². The summed E-state index contributed by atoms with van der Waals surface area (Å²) in [6.45, 7) is 0. The maximum absolute atomic E-state index is 12.4. The molecule has 0 saturated heterocycles. The molecular formula is C19H30N2O5. The van der Waals surface area contributed by atoms with Gasteiger partial charge in [-0.2, -0.15) is 0 Å². The molecule has 7 heteroatoms. The zero-order valence-corrected chi connectivity index (χ0v) is 15.8. The van der Waals surface area contributed by atoms with Crippen LogP contribution >= 0.6 is 0 Å². The summed E-state index contributed by atoms with van der Waals surface area (Å²) in [5.74, 6) is 1.22. The Hall–Kier alpha value is -1.99. The van der Waals surface area contributed by atoms with Crippen molar-refractivity contribution in [2.75, 3.05) is 26.6 Å². The number of anilines is 1. The molecule has 1 aromatic rings. The first kappa shape index (κ1) is 20.3. The molecule has 0 aliphatic heterocycles. The third-order valence-electron chi connectivity index (χ3n) is 4.94. The molecule has 0 aromatic heterocycles. The number of benzene rings is 1. The van der Waals surface area contributed by atoms with Crippen molar-refractivity contribution in [2.24, 2.45) is 11.7 Å². The second-order valence-corrected chi connectivity index (χ2v) is 6.75. The van der Waals surface area contributed by atoms with Crippen LogP contribution in [0.3, 0.4) is 0 Å². The van der Waals surface area contributed by atoms with E-state index in [0.717, 1.165) is 12.8 Å². The first-order chi connectivity index (χ1) is 12.5. The fourth-order valence-electron chi connectivity index (χ4n) is 3.50. The van der Waals surface area contributed by atoms with Crippen LogP contribution in [0.5, 0.6) is 17.2 Å². The maximum atomic E-state index is 12.4. The molecule has 0 bridgehead atoms. The van der Waals surface area contributed by atoms with Crippen molar-refractivity contribution in [3.05, 3.63) is 12.1 Å². The Balaban J connectivity index is 2.03. The monoisotopic (exact) mass is 366 g/mol. The molecule has 4 N–H and O–H groups in total. The molecule has 1 saturated carbocycles. The topological polar surface area (TPSA) is 103 Å². The molecule has 1 unspecified atom stereocenters. The highest BCUT2D eigenvalue weighted by molar-refractivity contribution is 5.95. The smallest absolute Gasteiger partial charge is 0.254 e. The van der Waals surface area contributed by atoms with Crippen LogP contribution in [0.4, 0.5) is 5.69 Å². The van der Waals surface area contributed by atoms with Gasteiger partial charge in [0.15, 0.2) is 11.5 Å². The Bertz CT molecular complexity index is 577. The van der Waals surface area contributed by atoms with Gasteiger partial charge in [0, 0.05) is 23.9 Å². The number of carbonyl (C=O) groups is 1. The quantitative estimate of drug-likeness (QED) is 0.652. The second kappa shape index (κ2) is 9.64. The van der Waals surface area contributed by atoms with E-state index in [9.17, 15) is 9.90 Å². The van der Waals surface area contributed by atoms with Gasteiger partial charge in [-0.3, -0.25) is 4.79 Å². The number of aliphatic hydroxyl groups excluding tert-OH is 1. The number of hydrogen-bond acceptors (Lipinski definition) is 6. The van der Waals surface area contributed by atoms with Gasteiger partial charge in [0.05, 0.1) is 21.3 Å². The molecule has 1 amide bonds. The van der Waals surface area contributed by atoms with Crippen LogP contribution in [0.25, 0.3) is 0 Å². The lowest BCUT2D eigenvalue weighted by Crippen LogP contribution is -2.44. The number of aliphatic hydroxyl groups is 1. The lowest BCUT2D eigenvalue weighted by molar-refractivity contribution is -0.125. The predicted octanol–water partition coefficient (Wildman–Crippen LogP) is 2.31. The van der Waals surface area contributed by atoms with Crippen molar-refractivity contribution < 1.29 is 24.1 Å². The van der Waals surface area contributed by atoms with E-state index in [4.69, 9.17) is 19.9 Å². The Morgan fingerprint density at radius 1 is 1.15 bits per heavy atom. The van der Waals surface area contributed by atoms with Crippen LogP contribution in [0.15, 0.2) is 12.1 Å². The minimum Gasteiger partial charge on any atom is -0.493 e. The molecule has 146 valence electrons. The van der Waals surface area contributed by atoms with Gasteiger partial charge in [0.1, 0.15) is 6.10 Å². The average Bonchev–Trinajstić information content (AvgIpc) is 2.67. The first-order valence-electron chi connectivity index (χ1n) is 9.04. The SMILES string of the molecule is COc1cc(NC(=O)C(O)[C@H](N)CC2CCCCC2)cc(OC)c1OC. The molecule has 2 rings (SSSR count). The fraction of sp³-hybridized carbons (Fsp3) is 0.632. The Kier molecular flexibility index (Phi) is 7.53. The van der Waals surface area contributed by atoms with Gasteiger partial charge < -0.3 is 30.4 Å². The summed E-state index contributed by atoms with van der Waals surface area (Å²) in [6, 6.07) is 2.64. The van der Waals surface area contributed by atoms with Crippen LogP contribution in [0.1, 0.15) is 38.5 Å². The molecule has 0 heterocycles. The molecule has 0 radical (unpaired) electrons. The van der Waals surface area contributed by atoms with Gasteiger partial charge in [0.25, 0.3) is 5.91 Å². The van der Waals surface area contributed by atoms with Crippen LogP contribution < -0.4 is 25.3 Å². The number of rotatable bonds is 8. The molecule has 1 aliphatic rings. The normalized spacial score (nSPS) is 17.3. The second-order valence-electron chi connectivity index (χ2n) is 6.75. The molecule has 2 atom stereocenters.